The highest BCUT2D eigenvalue weighted by molar-refractivity contribution is 5.94. The fourth-order valence-corrected chi connectivity index (χ4v) is 4.52. The van der Waals surface area contributed by atoms with Gasteiger partial charge < -0.3 is 20.1 Å². The van der Waals surface area contributed by atoms with Crippen LogP contribution in [0.2, 0.25) is 0 Å². The summed E-state index contributed by atoms with van der Waals surface area (Å²) >= 11 is 0. The minimum Gasteiger partial charge on any atom is -0.496 e. The Hall–Kier alpha value is -3.35. The zero-order valence-electron chi connectivity index (χ0n) is 20.8. The van der Waals surface area contributed by atoms with Gasteiger partial charge in [0.1, 0.15) is 11.5 Å². The van der Waals surface area contributed by atoms with E-state index in [1.165, 1.54) is 5.56 Å². The zero-order valence-corrected chi connectivity index (χ0v) is 20.8. The summed E-state index contributed by atoms with van der Waals surface area (Å²) in [5.74, 6) is 1.38. The molecule has 6 nitrogen and oxygen atoms in total. The quantitative estimate of drug-likeness (QED) is 0.480. The molecule has 4 rings (SSSR count). The van der Waals surface area contributed by atoms with Crippen molar-refractivity contribution in [3.63, 3.8) is 0 Å². The van der Waals surface area contributed by atoms with E-state index in [1.807, 2.05) is 31.2 Å². The Morgan fingerprint density at radius 2 is 1.94 bits per heavy atom. The molecule has 184 valence electrons. The number of hydrogen-bond donors (Lipinski definition) is 2. The van der Waals surface area contributed by atoms with Crippen molar-refractivity contribution in [1.82, 2.24) is 15.5 Å². The number of carbonyl (C=O) groups is 1. The van der Waals surface area contributed by atoms with Crippen LogP contribution in [0, 0.1) is 0 Å². The van der Waals surface area contributed by atoms with E-state index >= 15 is 0 Å². The predicted molar refractivity (Wildman–Crippen MR) is 140 cm³/mol. The van der Waals surface area contributed by atoms with Crippen LogP contribution in [0.5, 0.6) is 11.5 Å². The Labute approximate surface area is 208 Å². The van der Waals surface area contributed by atoms with Gasteiger partial charge in [-0.2, -0.15) is 0 Å². The van der Waals surface area contributed by atoms with Crippen molar-refractivity contribution in [2.45, 2.75) is 33.0 Å². The molecule has 6 heteroatoms. The Morgan fingerprint density at radius 1 is 1.09 bits per heavy atom. The van der Waals surface area contributed by atoms with Crippen LogP contribution in [0.15, 0.2) is 66.7 Å². The molecule has 1 amide bonds. The van der Waals surface area contributed by atoms with Crippen LogP contribution < -0.4 is 20.1 Å². The molecule has 1 aliphatic heterocycles. The van der Waals surface area contributed by atoms with Crippen LogP contribution in [-0.4, -0.2) is 50.2 Å². The van der Waals surface area contributed by atoms with Gasteiger partial charge in [0.25, 0.3) is 5.91 Å². The molecule has 2 N–H and O–H groups in total. The molecule has 1 heterocycles. The number of hydrogen-bond acceptors (Lipinski definition) is 5. The van der Waals surface area contributed by atoms with Crippen LogP contribution in [0.1, 0.15) is 35.3 Å². The maximum Gasteiger partial charge on any atom is 0.251 e. The number of methoxy groups -OCH3 is 1. The van der Waals surface area contributed by atoms with Crippen molar-refractivity contribution in [2.75, 3.05) is 33.4 Å². The highest BCUT2D eigenvalue weighted by atomic mass is 16.5. The Morgan fingerprint density at radius 3 is 2.74 bits per heavy atom. The monoisotopic (exact) mass is 473 g/mol. The number of nitrogens with one attached hydrogen (secondary N) is 2. The zero-order chi connectivity index (χ0) is 24.6. The molecule has 0 saturated carbocycles. The van der Waals surface area contributed by atoms with Gasteiger partial charge in [0.15, 0.2) is 0 Å². The van der Waals surface area contributed by atoms with Crippen LogP contribution >= 0.6 is 0 Å². The number of benzene rings is 3. The fourth-order valence-electron chi connectivity index (χ4n) is 4.52. The summed E-state index contributed by atoms with van der Waals surface area (Å²) < 4.78 is 11.2. The second-order valence-corrected chi connectivity index (χ2v) is 8.97. The lowest BCUT2D eigenvalue weighted by atomic mass is 9.99. The molecule has 0 aliphatic carbocycles. The minimum absolute atomic E-state index is 0.129. The fraction of sp³-hybridized carbons (Fsp3) is 0.345. The Kier molecular flexibility index (Phi) is 8.40. The normalized spacial score (nSPS) is 16.0. The number of ether oxygens (including phenoxy) is 2. The molecule has 35 heavy (non-hydrogen) atoms. The van der Waals surface area contributed by atoms with Crippen LogP contribution in [0.25, 0.3) is 11.1 Å². The maximum atomic E-state index is 12.7. The third-order valence-corrected chi connectivity index (χ3v) is 6.22. The topological polar surface area (TPSA) is 62.8 Å². The van der Waals surface area contributed by atoms with Gasteiger partial charge in [0, 0.05) is 49.9 Å². The summed E-state index contributed by atoms with van der Waals surface area (Å²) in [6.07, 6.45) is 0. The summed E-state index contributed by atoms with van der Waals surface area (Å²) in [7, 11) is 1.69. The molecule has 1 unspecified atom stereocenters. The summed E-state index contributed by atoms with van der Waals surface area (Å²) in [5.41, 5.74) is 5.01. The highest BCUT2D eigenvalue weighted by Gasteiger charge is 2.16. The second kappa shape index (κ2) is 11.9. The van der Waals surface area contributed by atoms with Gasteiger partial charge in [-0.3, -0.25) is 9.69 Å². The standard InChI is InChI=1S/C29H35N3O3/c1-4-35-26-10-6-9-25(17-26)29(33)31-18-22-11-12-28(34-3)27(16-22)24-8-5-7-23(15-24)20-32-14-13-30-21(2)19-32/h5-12,15-17,21,30H,4,13-14,18-20H2,1-3H3,(H,31,33). The molecule has 3 aromatic carbocycles. The summed E-state index contributed by atoms with van der Waals surface area (Å²) in [4.78, 5) is 15.2. The molecule has 1 fully saturated rings. The van der Waals surface area contributed by atoms with Crippen molar-refractivity contribution >= 4 is 5.91 Å². The van der Waals surface area contributed by atoms with E-state index in [0.717, 1.165) is 48.6 Å². The Balaban J connectivity index is 1.48. The largest absolute Gasteiger partial charge is 0.496 e. The molecule has 1 atom stereocenters. The number of carbonyl (C=O) groups excluding carboxylic acids is 1. The van der Waals surface area contributed by atoms with Gasteiger partial charge in [0.2, 0.25) is 0 Å². The van der Waals surface area contributed by atoms with Crippen molar-refractivity contribution in [1.29, 1.82) is 0 Å². The highest BCUT2D eigenvalue weighted by Crippen LogP contribution is 2.32. The lowest BCUT2D eigenvalue weighted by Gasteiger charge is -2.31. The van der Waals surface area contributed by atoms with E-state index in [0.29, 0.717) is 30.5 Å². The third-order valence-electron chi connectivity index (χ3n) is 6.22. The molecule has 0 radical (unpaired) electrons. The predicted octanol–water partition coefficient (Wildman–Crippen LogP) is 4.48. The molecule has 3 aromatic rings. The van der Waals surface area contributed by atoms with Crippen LogP contribution in [-0.2, 0) is 13.1 Å². The first-order chi connectivity index (χ1) is 17.1. The molecular weight excluding hydrogens is 438 g/mol. The van der Waals surface area contributed by atoms with E-state index in [2.05, 4.69) is 52.8 Å². The van der Waals surface area contributed by atoms with Crippen LogP contribution in [0.3, 0.4) is 0 Å². The van der Waals surface area contributed by atoms with Gasteiger partial charge in [-0.05, 0) is 66.9 Å². The Bertz CT molecular complexity index is 1150. The van der Waals surface area contributed by atoms with Gasteiger partial charge in [-0.1, -0.05) is 30.3 Å². The van der Waals surface area contributed by atoms with Crippen molar-refractivity contribution in [2.24, 2.45) is 0 Å². The number of nitrogens with zero attached hydrogens (tertiary/aromatic N) is 1. The molecule has 1 saturated heterocycles. The smallest absolute Gasteiger partial charge is 0.251 e. The first kappa shape index (κ1) is 24.8. The maximum absolute atomic E-state index is 12.7. The molecule has 0 bridgehead atoms. The lowest BCUT2D eigenvalue weighted by Crippen LogP contribution is -2.48. The van der Waals surface area contributed by atoms with Gasteiger partial charge in [-0.15, -0.1) is 0 Å². The van der Waals surface area contributed by atoms with Gasteiger partial charge in [-0.25, -0.2) is 0 Å². The van der Waals surface area contributed by atoms with E-state index in [4.69, 9.17) is 9.47 Å². The number of piperazine rings is 1. The molecule has 0 spiro atoms. The summed E-state index contributed by atoms with van der Waals surface area (Å²) in [6, 6.07) is 22.5. The summed E-state index contributed by atoms with van der Waals surface area (Å²) in [5, 5.41) is 6.52. The lowest BCUT2D eigenvalue weighted by molar-refractivity contribution is 0.0950. The summed E-state index contributed by atoms with van der Waals surface area (Å²) in [6.45, 7) is 9.21. The number of amides is 1. The number of rotatable bonds is 9. The first-order valence-corrected chi connectivity index (χ1v) is 12.3. The average Bonchev–Trinajstić information content (AvgIpc) is 2.87. The van der Waals surface area contributed by atoms with Crippen molar-refractivity contribution < 1.29 is 14.3 Å². The molecular formula is C29H35N3O3. The van der Waals surface area contributed by atoms with Gasteiger partial charge >= 0.3 is 0 Å². The van der Waals surface area contributed by atoms with Crippen molar-refractivity contribution in [3.8, 4) is 22.6 Å². The van der Waals surface area contributed by atoms with E-state index in [9.17, 15) is 4.79 Å². The van der Waals surface area contributed by atoms with E-state index < -0.39 is 0 Å². The van der Waals surface area contributed by atoms with E-state index in [-0.39, 0.29) is 5.91 Å². The van der Waals surface area contributed by atoms with Crippen LogP contribution in [0.4, 0.5) is 0 Å². The van der Waals surface area contributed by atoms with Crippen molar-refractivity contribution in [3.05, 3.63) is 83.4 Å². The molecule has 1 aliphatic rings. The van der Waals surface area contributed by atoms with Gasteiger partial charge in [0.05, 0.1) is 13.7 Å². The molecule has 0 aromatic heterocycles. The second-order valence-electron chi connectivity index (χ2n) is 8.97. The minimum atomic E-state index is -0.129. The first-order valence-electron chi connectivity index (χ1n) is 12.3. The SMILES string of the molecule is CCOc1cccc(C(=O)NCc2ccc(OC)c(-c3cccc(CN4CCNC(C)C4)c3)c2)c1. The van der Waals surface area contributed by atoms with E-state index in [1.54, 1.807) is 19.2 Å². The third kappa shape index (κ3) is 6.62. The average molecular weight is 474 g/mol.